The summed E-state index contributed by atoms with van der Waals surface area (Å²) in [6.07, 6.45) is 0. The van der Waals surface area contributed by atoms with Crippen molar-refractivity contribution < 1.29 is 23.5 Å². The third-order valence-corrected chi connectivity index (χ3v) is 3.96. The summed E-state index contributed by atoms with van der Waals surface area (Å²) in [4.78, 5) is 38.7. The van der Waals surface area contributed by atoms with Crippen LogP contribution in [0, 0.1) is 5.82 Å². The van der Waals surface area contributed by atoms with Gasteiger partial charge in [-0.05, 0) is 36.4 Å². The van der Waals surface area contributed by atoms with E-state index in [2.05, 4.69) is 0 Å². The molecule has 0 aromatic heterocycles. The Hall–Kier alpha value is -3.13. The van der Waals surface area contributed by atoms with Crippen molar-refractivity contribution in [3.8, 4) is 0 Å². The van der Waals surface area contributed by atoms with Crippen molar-refractivity contribution in [1.29, 1.82) is 0 Å². The van der Waals surface area contributed by atoms with Gasteiger partial charge in [0.1, 0.15) is 5.82 Å². The number of ether oxygens (including phenoxy) is 1. The van der Waals surface area contributed by atoms with Gasteiger partial charge in [0.15, 0.2) is 4.99 Å². The van der Waals surface area contributed by atoms with E-state index in [1.165, 1.54) is 31.4 Å². The first-order chi connectivity index (χ1) is 12.0. The third-order valence-electron chi connectivity index (χ3n) is 3.61. The molecule has 0 N–H and O–H groups in total. The lowest BCUT2D eigenvalue weighted by molar-refractivity contribution is -0.111. The standard InChI is InChI=1S/C17H11FN2O4S/c1-24-16(22)12-4-2-3-5-13(12)20-15(25)14(21)19(17(20)23)11-8-6-10(18)7-9-11/h2-9H,1H3. The van der Waals surface area contributed by atoms with E-state index in [4.69, 9.17) is 17.0 Å². The Balaban J connectivity index is 2.06. The van der Waals surface area contributed by atoms with Gasteiger partial charge in [-0.1, -0.05) is 24.4 Å². The molecule has 8 heteroatoms. The Morgan fingerprint density at radius 2 is 1.68 bits per heavy atom. The number of benzene rings is 2. The number of carbonyl (C=O) groups excluding carboxylic acids is 3. The highest BCUT2D eigenvalue weighted by atomic mass is 32.1. The Kier molecular flexibility index (Phi) is 4.28. The molecular formula is C17H11FN2O4S. The van der Waals surface area contributed by atoms with Crippen molar-refractivity contribution in [2.45, 2.75) is 0 Å². The lowest BCUT2D eigenvalue weighted by atomic mass is 10.1. The molecule has 2 aromatic carbocycles. The average molecular weight is 358 g/mol. The summed E-state index contributed by atoms with van der Waals surface area (Å²) in [5, 5.41) is 0. The van der Waals surface area contributed by atoms with Gasteiger partial charge in [-0.2, -0.15) is 0 Å². The van der Waals surface area contributed by atoms with E-state index in [-0.39, 0.29) is 21.9 Å². The zero-order valence-electron chi connectivity index (χ0n) is 12.9. The molecule has 2 aromatic rings. The minimum absolute atomic E-state index is 0.0921. The number of carbonyl (C=O) groups is 3. The van der Waals surface area contributed by atoms with Gasteiger partial charge in [-0.25, -0.2) is 23.8 Å². The molecule has 25 heavy (non-hydrogen) atoms. The van der Waals surface area contributed by atoms with Crippen LogP contribution in [0.3, 0.4) is 0 Å². The van der Waals surface area contributed by atoms with Crippen LogP contribution in [-0.2, 0) is 9.53 Å². The van der Waals surface area contributed by atoms with Crippen LogP contribution < -0.4 is 9.80 Å². The second-order valence-electron chi connectivity index (χ2n) is 5.05. The number of rotatable bonds is 3. The Labute approximate surface area is 147 Å². The summed E-state index contributed by atoms with van der Waals surface area (Å²) in [6, 6.07) is 10.2. The van der Waals surface area contributed by atoms with Gasteiger partial charge in [0.2, 0.25) is 0 Å². The van der Waals surface area contributed by atoms with Crippen molar-refractivity contribution >= 4 is 46.5 Å². The summed E-state index contributed by atoms with van der Waals surface area (Å²) < 4.78 is 17.8. The number of esters is 1. The molecular weight excluding hydrogens is 347 g/mol. The van der Waals surface area contributed by atoms with E-state index < -0.39 is 23.7 Å². The second-order valence-corrected chi connectivity index (χ2v) is 5.44. The first kappa shape index (κ1) is 16.7. The molecule has 126 valence electrons. The molecule has 6 nitrogen and oxygen atoms in total. The number of para-hydroxylation sites is 1. The first-order valence-electron chi connectivity index (χ1n) is 7.11. The molecule has 0 saturated carbocycles. The topological polar surface area (TPSA) is 66.9 Å². The minimum Gasteiger partial charge on any atom is -0.465 e. The van der Waals surface area contributed by atoms with E-state index in [1.807, 2.05) is 0 Å². The quantitative estimate of drug-likeness (QED) is 0.479. The van der Waals surface area contributed by atoms with E-state index in [0.717, 1.165) is 21.9 Å². The summed E-state index contributed by atoms with van der Waals surface area (Å²) in [6.45, 7) is 0. The molecule has 1 aliphatic rings. The van der Waals surface area contributed by atoms with Crippen LogP contribution in [0.15, 0.2) is 48.5 Å². The highest BCUT2D eigenvalue weighted by Crippen LogP contribution is 2.30. The van der Waals surface area contributed by atoms with Crippen LogP contribution >= 0.6 is 12.2 Å². The summed E-state index contributed by atoms with van der Waals surface area (Å²) in [5.74, 6) is -1.90. The number of hydrogen-bond acceptors (Lipinski definition) is 5. The molecule has 3 amide bonds. The molecule has 0 spiro atoms. The molecule has 0 bridgehead atoms. The molecule has 0 unspecified atom stereocenters. The maximum atomic E-state index is 13.1. The van der Waals surface area contributed by atoms with Crippen molar-refractivity contribution in [2.24, 2.45) is 0 Å². The lowest BCUT2D eigenvalue weighted by Crippen LogP contribution is -2.34. The van der Waals surface area contributed by atoms with Crippen molar-refractivity contribution in [3.63, 3.8) is 0 Å². The smallest absolute Gasteiger partial charge is 0.341 e. The summed E-state index contributed by atoms with van der Waals surface area (Å²) in [7, 11) is 1.21. The van der Waals surface area contributed by atoms with Gasteiger partial charge in [-0.15, -0.1) is 0 Å². The lowest BCUT2D eigenvalue weighted by Gasteiger charge is -2.18. The van der Waals surface area contributed by atoms with Crippen LogP contribution in [0.5, 0.6) is 0 Å². The van der Waals surface area contributed by atoms with E-state index in [1.54, 1.807) is 12.1 Å². The SMILES string of the molecule is COC(=O)c1ccccc1N1C(=O)N(c2ccc(F)cc2)C(=O)C1=S. The largest absolute Gasteiger partial charge is 0.465 e. The van der Waals surface area contributed by atoms with Crippen LogP contribution in [-0.4, -0.2) is 30.0 Å². The summed E-state index contributed by atoms with van der Waals surface area (Å²) >= 11 is 5.10. The zero-order chi connectivity index (χ0) is 18.1. The average Bonchev–Trinajstić information content (AvgIpc) is 2.84. The number of halogens is 1. The third kappa shape index (κ3) is 2.76. The molecule has 0 atom stereocenters. The van der Waals surface area contributed by atoms with E-state index in [9.17, 15) is 18.8 Å². The number of nitrogens with zero attached hydrogens (tertiary/aromatic N) is 2. The van der Waals surface area contributed by atoms with Crippen molar-refractivity contribution in [1.82, 2.24) is 0 Å². The predicted octanol–water partition coefficient (Wildman–Crippen LogP) is 2.91. The minimum atomic E-state index is -0.752. The van der Waals surface area contributed by atoms with Gasteiger partial charge in [0, 0.05) is 0 Å². The van der Waals surface area contributed by atoms with E-state index >= 15 is 0 Å². The maximum Gasteiger partial charge on any atom is 0.341 e. The maximum absolute atomic E-state index is 13.1. The molecule has 1 heterocycles. The van der Waals surface area contributed by atoms with Gasteiger partial charge >= 0.3 is 12.0 Å². The number of amides is 3. The van der Waals surface area contributed by atoms with Crippen molar-refractivity contribution in [2.75, 3.05) is 16.9 Å². The first-order valence-corrected chi connectivity index (χ1v) is 7.52. The van der Waals surface area contributed by atoms with Crippen LogP contribution in [0.1, 0.15) is 10.4 Å². The van der Waals surface area contributed by atoms with Crippen LogP contribution in [0.4, 0.5) is 20.6 Å². The highest BCUT2D eigenvalue weighted by molar-refractivity contribution is 7.82. The van der Waals surface area contributed by atoms with Gasteiger partial charge < -0.3 is 4.74 Å². The molecule has 1 fully saturated rings. The Morgan fingerprint density at radius 1 is 1.04 bits per heavy atom. The molecule has 0 aliphatic carbocycles. The molecule has 0 radical (unpaired) electrons. The number of anilines is 2. The van der Waals surface area contributed by atoms with Gasteiger partial charge in [0.05, 0.1) is 24.0 Å². The molecule has 3 rings (SSSR count). The van der Waals surface area contributed by atoms with Gasteiger partial charge in [-0.3, -0.25) is 4.79 Å². The van der Waals surface area contributed by atoms with Crippen molar-refractivity contribution in [3.05, 3.63) is 59.9 Å². The number of methoxy groups -OCH3 is 1. The van der Waals surface area contributed by atoms with E-state index in [0.29, 0.717) is 0 Å². The fourth-order valence-corrected chi connectivity index (χ4v) is 2.71. The number of urea groups is 1. The molecule has 1 saturated heterocycles. The fraction of sp³-hybridized carbons (Fsp3) is 0.0588. The van der Waals surface area contributed by atoms with Crippen LogP contribution in [0.25, 0.3) is 0 Å². The fourth-order valence-electron chi connectivity index (χ4n) is 2.45. The second kappa shape index (κ2) is 6.40. The zero-order valence-corrected chi connectivity index (χ0v) is 13.7. The highest BCUT2D eigenvalue weighted by Gasteiger charge is 2.44. The monoisotopic (exact) mass is 358 g/mol. The number of thiocarbonyl (C=S) groups is 1. The normalized spacial score (nSPS) is 14.2. The van der Waals surface area contributed by atoms with Gasteiger partial charge in [0.25, 0.3) is 5.91 Å². The van der Waals surface area contributed by atoms with Crippen LogP contribution in [0.2, 0.25) is 0 Å². The summed E-state index contributed by atoms with van der Waals surface area (Å²) in [5.41, 5.74) is 0.411. The number of imide groups is 1. The Morgan fingerprint density at radius 3 is 2.32 bits per heavy atom. The Bertz CT molecular complexity index is 898. The number of hydrogen-bond donors (Lipinski definition) is 0. The molecule has 1 aliphatic heterocycles. The predicted molar refractivity (Wildman–Crippen MR) is 92.1 cm³/mol.